The molecule has 0 fully saturated rings. The Morgan fingerprint density at radius 2 is 0.750 bits per heavy atom. The van der Waals surface area contributed by atoms with Gasteiger partial charge in [0.2, 0.25) is 0 Å². The molecule has 0 N–H and O–H groups in total. The summed E-state index contributed by atoms with van der Waals surface area (Å²) in [5.74, 6) is 0. The van der Waals surface area contributed by atoms with Gasteiger partial charge in [0.25, 0.3) is 0 Å². The van der Waals surface area contributed by atoms with E-state index in [0.29, 0.717) is 0 Å². The van der Waals surface area contributed by atoms with E-state index in [4.69, 9.17) is 4.42 Å². The molecule has 1 aliphatic carbocycles. The van der Waals surface area contributed by atoms with Crippen molar-refractivity contribution in [1.82, 2.24) is 0 Å². The maximum atomic E-state index is 5.65. The van der Waals surface area contributed by atoms with Crippen LogP contribution < -0.4 is 0 Å². The zero-order valence-corrected chi connectivity index (χ0v) is 22.1. The molecule has 6 aromatic carbocycles. The number of rotatable bonds is 0. The first-order valence-electron chi connectivity index (χ1n) is 13.1. The van der Waals surface area contributed by atoms with Gasteiger partial charge in [-0.15, -0.1) is 11.3 Å². The van der Waals surface area contributed by atoms with Crippen molar-refractivity contribution in [1.29, 1.82) is 0 Å². The van der Waals surface area contributed by atoms with Gasteiger partial charge in [-0.2, -0.15) is 0 Å². The van der Waals surface area contributed by atoms with E-state index in [0.717, 1.165) is 11.2 Å². The summed E-state index contributed by atoms with van der Waals surface area (Å²) in [6, 6.07) is 50.4. The average Bonchev–Trinajstić information content (AvgIpc) is 3.69. The molecule has 40 heavy (non-hydrogen) atoms. The first-order valence-corrected chi connectivity index (χ1v) is 13.9. The van der Waals surface area contributed by atoms with Gasteiger partial charge in [0.05, 0.1) is 0 Å². The Morgan fingerprint density at radius 3 is 1.25 bits per heavy atom. The van der Waals surface area contributed by atoms with Crippen LogP contribution in [0.1, 0.15) is 11.1 Å². The van der Waals surface area contributed by atoms with Gasteiger partial charge >= 0.3 is 10.1 Å². The molecule has 0 spiro atoms. The van der Waals surface area contributed by atoms with E-state index < -0.39 is 0 Å². The second kappa shape index (κ2) is 11.3. The summed E-state index contributed by atoms with van der Waals surface area (Å²) in [5, 5.41) is 5.14. The normalized spacial score (nSPS) is 11.2. The Kier molecular flexibility index (Phi) is 7.29. The number of benzene rings is 6. The third kappa shape index (κ3) is 4.84. The van der Waals surface area contributed by atoms with Crippen molar-refractivity contribution in [2.24, 2.45) is 0 Å². The first kappa shape index (κ1) is 25.8. The van der Waals surface area contributed by atoms with Crippen LogP contribution in [0.3, 0.4) is 0 Å². The molecule has 0 amide bonds. The van der Waals surface area contributed by atoms with Gasteiger partial charge in [-0.05, 0) is 46.5 Å². The maximum absolute atomic E-state index is 5.65. The topological polar surface area (TPSA) is 13.1 Å². The number of hydrogen-bond donors (Lipinski definition) is 0. The molecule has 189 valence electrons. The predicted molar refractivity (Wildman–Crippen MR) is 176 cm³/mol. The predicted octanol–water partition coefficient (Wildman–Crippen LogP) is 9.99. The van der Waals surface area contributed by atoms with Crippen LogP contribution in [0.15, 0.2) is 150 Å². The zero-order valence-electron chi connectivity index (χ0n) is 21.3. The van der Waals surface area contributed by atoms with Crippen molar-refractivity contribution in [2.45, 2.75) is 0 Å². The number of furan rings is 1. The fourth-order valence-corrected chi connectivity index (χ4v) is 6.36. The summed E-state index contributed by atoms with van der Waals surface area (Å²) < 4.78 is 8.41. The minimum absolute atomic E-state index is 0. The molecule has 3 heteroatoms. The largest absolute Gasteiger partial charge is 0.456 e. The van der Waals surface area contributed by atoms with E-state index in [-0.39, 0.29) is 10.1 Å². The summed E-state index contributed by atoms with van der Waals surface area (Å²) in [6.45, 7) is 0. The smallest absolute Gasteiger partial charge is 0.135 e. The molecule has 0 bridgehead atoms. The van der Waals surface area contributed by atoms with Crippen molar-refractivity contribution in [2.75, 3.05) is 0 Å². The number of hydrogen-bond acceptors (Lipinski definition) is 2. The Morgan fingerprint density at radius 1 is 0.375 bits per heavy atom. The monoisotopic (exact) mass is 528 g/mol. The molecule has 9 rings (SSSR count). The summed E-state index contributed by atoms with van der Waals surface area (Å²) in [7, 11) is 0. The Labute approximate surface area is 241 Å². The van der Waals surface area contributed by atoms with Gasteiger partial charge in [0.1, 0.15) is 11.2 Å². The van der Waals surface area contributed by atoms with Crippen molar-refractivity contribution < 1.29 is 4.42 Å². The fraction of sp³-hybridized carbons (Fsp3) is 0. The SMILES string of the molecule is [BeH2].[CH]1c2ccccc2-c2ccccc21.c1ccc2c(c1)oc1ccccc12.c1ccc2c(c1)sc1ccccc12. The van der Waals surface area contributed by atoms with E-state index >= 15 is 0 Å². The Hall–Kier alpha value is -4.49. The van der Waals surface area contributed by atoms with E-state index in [9.17, 15) is 0 Å². The molecule has 0 saturated carbocycles. The second-order valence-corrected chi connectivity index (χ2v) is 10.6. The van der Waals surface area contributed by atoms with E-state index in [2.05, 4.69) is 116 Å². The van der Waals surface area contributed by atoms with Gasteiger partial charge in [0.15, 0.2) is 0 Å². The Balaban J connectivity index is 0.000000107. The van der Waals surface area contributed by atoms with Gasteiger partial charge in [-0.3, -0.25) is 0 Å². The molecular weight excluding hydrogens is 501 g/mol. The average molecular weight is 529 g/mol. The van der Waals surface area contributed by atoms with Crippen LogP contribution in [-0.2, 0) is 0 Å². The van der Waals surface area contributed by atoms with Crippen LogP contribution in [0.4, 0.5) is 0 Å². The molecule has 1 nitrogen and oxygen atoms in total. The molecule has 2 aromatic heterocycles. The molecule has 8 aromatic rings. The quantitative estimate of drug-likeness (QED) is 0.179. The van der Waals surface area contributed by atoms with Crippen LogP contribution in [0, 0.1) is 6.42 Å². The molecule has 0 unspecified atom stereocenters. The van der Waals surface area contributed by atoms with Gasteiger partial charge in [-0.1, -0.05) is 121 Å². The Bertz CT molecular complexity index is 1820. The van der Waals surface area contributed by atoms with Gasteiger partial charge < -0.3 is 4.42 Å². The van der Waals surface area contributed by atoms with E-state index in [1.807, 2.05) is 47.7 Å². The van der Waals surface area contributed by atoms with Gasteiger partial charge in [-0.25, -0.2) is 0 Å². The van der Waals surface area contributed by atoms with Crippen LogP contribution >= 0.6 is 11.3 Å². The number of para-hydroxylation sites is 2. The number of fused-ring (bicyclic) bond motifs is 9. The van der Waals surface area contributed by atoms with Crippen LogP contribution in [0.5, 0.6) is 0 Å². The molecular formula is C37H27BeOS. The van der Waals surface area contributed by atoms with Crippen molar-refractivity contribution in [3.8, 4) is 11.1 Å². The van der Waals surface area contributed by atoms with Crippen molar-refractivity contribution in [3.63, 3.8) is 0 Å². The zero-order chi connectivity index (χ0) is 26.0. The third-order valence-electron chi connectivity index (χ3n) is 7.09. The second-order valence-electron chi connectivity index (χ2n) is 9.51. The molecule has 1 radical (unpaired) electrons. The summed E-state index contributed by atoms with van der Waals surface area (Å²) in [6.07, 6.45) is 2.24. The first-order chi connectivity index (χ1) is 19.3. The molecule has 0 atom stereocenters. The molecule has 1 aliphatic rings. The van der Waals surface area contributed by atoms with Crippen LogP contribution in [-0.4, -0.2) is 10.1 Å². The van der Waals surface area contributed by atoms with Crippen molar-refractivity contribution >= 4 is 63.6 Å². The van der Waals surface area contributed by atoms with Gasteiger partial charge in [0, 0.05) is 37.4 Å². The minimum Gasteiger partial charge on any atom is -0.456 e. The standard InChI is InChI=1S/C13H9.C12H8O.C12H8S.Be.2H/c1-3-7-12-10(5-1)9-11-6-2-4-8-13(11)12;2*1-3-7-11-9(5-1)10-6-2-4-8-12(10)13-11;;;/h1-9H;2*1-8H;;;. The summed E-state index contributed by atoms with van der Waals surface area (Å²) in [5.41, 5.74) is 7.32. The summed E-state index contributed by atoms with van der Waals surface area (Å²) >= 11 is 1.86. The molecule has 0 aliphatic heterocycles. The molecule has 0 saturated heterocycles. The van der Waals surface area contributed by atoms with E-state index in [1.54, 1.807) is 0 Å². The van der Waals surface area contributed by atoms with Crippen LogP contribution in [0.2, 0.25) is 0 Å². The summed E-state index contributed by atoms with van der Waals surface area (Å²) in [4.78, 5) is 0. The molecule has 2 heterocycles. The van der Waals surface area contributed by atoms with Crippen LogP contribution in [0.25, 0.3) is 53.2 Å². The maximum Gasteiger partial charge on any atom is 0.135 e. The third-order valence-corrected chi connectivity index (χ3v) is 8.24. The minimum atomic E-state index is 0. The number of thiophene rings is 1. The fourth-order valence-electron chi connectivity index (χ4n) is 5.25. The van der Waals surface area contributed by atoms with Crippen molar-refractivity contribution in [3.05, 3.63) is 163 Å². The van der Waals surface area contributed by atoms with E-state index in [1.165, 1.54) is 53.2 Å².